The Kier molecular flexibility index (Phi) is 6.33. The van der Waals surface area contributed by atoms with Crippen molar-refractivity contribution in [1.29, 1.82) is 0 Å². The minimum atomic E-state index is -1.10. The zero-order valence-electron chi connectivity index (χ0n) is 14.7. The number of hydrogen-bond donors (Lipinski definition) is 1. The summed E-state index contributed by atoms with van der Waals surface area (Å²) in [5.74, 6) is -1.94. The van der Waals surface area contributed by atoms with Crippen molar-refractivity contribution in [3.63, 3.8) is 0 Å². The van der Waals surface area contributed by atoms with Crippen LogP contribution in [0.4, 0.5) is 10.1 Å². The van der Waals surface area contributed by atoms with E-state index in [1.807, 2.05) is 12.1 Å². The minimum Gasteiger partial charge on any atom is -0.452 e. The maximum absolute atomic E-state index is 13.7. The lowest BCUT2D eigenvalue weighted by atomic mass is 10.2. The van der Waals surface area contributed by atoms with E-state index in [0.29, 0.717) is 16.4 Å². The highest BCUT2D eigenvalue weighted by atomic mass is 35.5. The molecule has 0 saturated heterocycles. The van der Waals surface area contributed by atoms with E-state index in [4.69, 9.17) is 16.3 Å². The molecule has 0 aliphatic rings. The fraction of sp³-hybridized carbons (Fsp3) is 0.158. The first-order chi connectivity index (χ1) is 13.4. The Morgan fingerprint density at radius 2 is 2.14 bits per heavy atom. The number of rotatable bonds is 6. The largest absolute Gasteiger partial charge is 0.452 e. The van der Waals surface area contributed by atoms with Gasteiger partial charge in [0, 0.05) is 16.6 Å². The maximum Gasteiger partial charge on any atom is 0.312 e. The van der Waals surface area contributed by atoms with Crippen LogP contribution in [0.25, 0.3) is 10.7 Å². The van der Waals surface area contributed by atoms with Crippen LogP contribution in [0.5, 0.6) is 0 Å². The van der Waals surface area contributed by atoms with E-state index < -0.39 is 23.8 Å². The third kappa shape index (κ3) is 5.11. The Morgan fingerprint density at radius 3 is 2.86 bits per heavy atom. The van der Waals surface area contributed by atoms with Crippen LogP contribution < -0.4 is 5.32 Å². The monoisotopic (exact) mass is 419 g/mol. The van der Waals surface area contributed by atoms with Crippen LogP contribution in [0.2, 0.25) is 5.02 Å². The number of pyridine rings is 1. The number of ether oxygens (including phenoxy) is 1. The molecule has 2 heterocycles. The van der Waals surface area contributed by atoms with Crippen molar-refractivity contribution >= 4 is 40.5 Å². The molecule has 0 saturated carbocycles. The van der Waals surface area contributed by atoms with E-state index >= 15 is 0 Å². The van der Waals surface area contributed by atoms with E-state index in [-0.39, 0.29) is 17.1 Å². The van der Waals surface area contributed by atoms with Gasteiger partial charge in [-0.3, -0.25) is 14.6 Å². The second kappa shape index (κ2) is 8.90. The van der Waals surface area contributed by atoms with Crippen molar-refractivity contribution in [2.75, 3.05) is 5.32 Å². The van der Waals surface area contributed by atoms with Crippen molar-refractivity contribution in [3.05, 3.63) is 64.5 Å². The number of benzene rings is 1. The first-order valence-corrected chi connectivity index (χ1v) is 9.49. The van der Waals surface area contributed by atoms with E-state index in [1.54, 1.807) is 17.6 Å². The van der Waals surface area contributed by atoms with Gasteiger partial charge in [-0.2, -0.15) is 0 Å². The molecule has 2 aromatic heterocycles. The van der Waals surface area contributed by atoms with Crippen LogP contribution in [0, 0.1) is 5.82 Å². The SMILES string of the molecule is CC(OC(=O)Cc1csc(-c2ccccn2)n1)C(=O)Nc1ccc(Cl)cc1F. The number of amides is 1. The summed E-state index contributed by atoms with van der Waals surface area (Å²) in [5.41, 5.74) is 1.19. The lowest BCUT2D eigenvalue weighted by Gasteiger charge is -2.13. The van der Waals surface area contributed by atoms with Gasteiger partial charge in [0.15, 0.2) is 6.10 Å². The molecule has 0 spiro atoms. The van der Waals surface area contributed by atoms with Gasteiger partial charge in [-0.1, -0.05) is 17.7 Å². The van der Waals surface area contributed by atoms with Crippen molar-refractivity contribution in [2.45, 2.75) is 19.4 Å². The molecule has 144 valence electrons. The smallest absolute Gasteiger partial charge is 0.312 e. The number of nitrogens with one attached hydrogen (secondary N) is 1. The second-order valence-electron chi connectivity index (χ2n) is 5.78. The normalized spacial score (nSPS) is 11.7. The molecule has 6 nitrogen and oxygen atoms in total. The molecule has 0 bridgehead atoms. The number of halogens is 2. The molecule has 1 unspecified atom stereocenters. The average molecular weight is 420 g/mol. The van der Waals surface area contributed by atoms with Crippen molar-refractivity contribution in [3.8, 4) is 10.7 Å². The summed E-state index contributed by atoms with van der Waals surface area (Å²) in [4.78, 5) is 32.8. The summed E-state index contributed by atoms with van der Waals surface area (Å²) in [6, 6.07) is 9.33. The van der Waals surface area contributed by atoms with Crippen molar-refractivity contribution in [1.82, 2.24) is 9.97 Å². The highest BCUT2D eigenvalue weighted by Crippen LogP contribution is 2.22. The van der Waals surface area contributed by atoms with Gasteiger partial charge in [-0.15, -0.1) is 11.3 Å². The summed E-state index contributed by atoms with van der Waals surface area (Å²) in [7, 11) is 0. The second-order valence-corrected chi connectivity index (χ2v) is 7.08. The van der Waals surface area contributed by atoms with Crippen LogP contribution in [0.15, 0.2) is 48.0 Å². The first kappa shape index (κ1) is 19.9. The Bertz CT molecular complexity index is 997. The Labute approximate surface area is 169 Å². The van der Waals surface area contributed by atoms with Crippen LogP contribution in [-0.2, 0) is 20.7 Å². The summed E-state index contributed by atoms with van der Waals surface area (Å²) < 4.78 is 18.9. The highest BCUT2D eigenvalue weighted by Gasteiger charge is 2.20. The molecule has 0 aliphatic carbocycles. The minimum absolute atomic E-state index is 0.0446. The topological polar surface area (TPSA) is 81.2 Å². The summed E-state index contributed by atoms with van der Waals surface area (Å²) >= 11 is 7.03. The number of hydrogen-bond acceptors (Lipinski definition) is 6. The predicted molar refractivity (Wildman–Crippen MR) is 105 cm³/mol. The van der Waals surface area contributed by atoms with Gasteiger partial charge in [-0.05, 0) is 37.3 Å². The van der Waals surface area contributed by atoms with Gasteiger partial charge in [0.1, 0.15) is 10.8 Å². The number of aromatic nitrogens is 2. The molecule has 9 heteroatoms. The third-order valence-electron chi connectivity index (χ3n) is 3.63. The molecule has 1 amide bonds. The maximum atomic E-state index is 13.7. The highest BCUT2D eigenvalue weighted by molar-refractivity contribution is 7.13. The van der Waals surface area contributed by atoms with Gasteiger partial charge in [-0.25, -0.2) is 9.37 Å². The molecule has 1 aromatic carbocycles. The number of thiazole rings is 1. The predicted octanol–water partition coefficient (Wildman–Crippen LogP) is 4.11. The lowest BCUT2D eigenvalue weighted by Crippen LogP contribution is -2.30. The molecule has 1 atom stereocenters. The van der Waals surface area contributed by atoms with Crippen LogP contribution in [0.1, 0.15) is 12.6 Å². The molecule has 0 radical (unpaired) electrons. The zero-order chi connectivity index (χ0) is 20.1. The van der Waals surface area contributed by atoms with Crippen molar-refractivity contribution < 1.29 is 18.7 Å². The standard InChI is InChI=1S/C19H15ClFN3O3S/c1-11(18(26)24-15-6-5-12(20)8-14(15)21)27-17(25)9-13-10-28-19(23-13)16-4-2-3-7-22-16/h2-8,10-11H,9H2,1H3,(H,24,26). The molecule has 28 heavy (non-hydrogen) atoms. The van der Waals surface area contributed by atoms with E-state index in [0.717, 1.165) is 6.07 Å². The fourth-order valence-electron chi connectivity index (χ4n) is 2.26. The van der Waals surface area contributed by atoms with Gasteiger partial charge in [0.05, 0.1) is 23.5 Å². The molecule has 3 aromatic rings. The molecule has 1 N–H and O–H groups in total. The molecule has 0 fully saturated rings. The Hall–Kier alpha value is -2.84. The average Bonchev–Trinajstić information content (AvgIpc) is 3.13. The lowest BCUT2D eigenvalue weighted by molar-refractivity contribution is -0.152. The fourth-order valence-corrected chi connectivity index (χ4v) is 3.21. The number of carbonyl (C=O) groups is 2. The zero-order valence-corrected chi connectivity index (χ0v) is 16.3. The Morgan fingerprint density at radius 1 is 1.32 bits per heavy atom. The van der Waals surface area contributed by atoms with Crippen LogP contribution in [-0.4, -0.2) is 27.9 Å². The molecule has 3 rings (SSSR count). The van der Waals surface area contributed by atoms with Gasteiger partial charge >= 0.3 is 5.97 Å². The number of anilines is 1. The number of carbonyl (C=O) groups excluding carboxylic acids is 2. The number of esters is 1. The quantitative estimate of drug-likeness (QED) is 0.608. The molecular formula is C19H15ClFN3O3S. The molecular weight excluding hydrogens is 405 g/mol. The Balaban J connectivity index is 1.55. The summed E-state index contributed by atoms with van der Waals surface area (Å²) in [6.45, 7) is 1.40. The van der Waals surface area contributed by atoms with Gasteiger partial charge < -0.3 is 10.1 Å². The van der Waals surface area contributed by atoms with Crippen molar-refractivity contribution in [2.24, 2.45) is 0 Å². The third-order valence-corrected chi connectivity index (χ3v) is 4.78. The van der Waals surface area contributed by atoms with E-state index in [9.17, 15) is 14.0 Å². The number of nitrogens with zero attached hydrogens (tertiary/aromatic N) is 2. The van der Waals surface area contributed by atoms with E-state index in [1.165, 1.54) is 30.4 Å². The van der Waals surface area contributed by atoms with Crippen LogP contribution in [0.3, 0.4) is 0 Å². The van der Waals surface area contributed by atoms with E-state index in [2.05, 4.69) is 15.3 Å². The van der Waals surface area contributed by atoms with Gasteiger partial charge in [0.25, 0.3) is 5.91 Å². The summed E-state index contributed by atoms with van der Waals surface area (Å²) in [5, 5.41) is 4.99. The van der Waals surface area contributed by atoms with Crippen LogP contribution >= 0.6 is 22.9 Å². The molecule has 0 aliphatic heterocycles. The van der Waals surface area contributed by atoms with Gasteiger partial charge in [0.2, 0.25) is 0 Å². The summed E-state index contributed by atoms with van der Waals surface area (Å²) in [6.07, 6.45) is 0.474. The first-order valence-electron chi connectivity index (χ1n) is 8.23.